The van der Waals surface area contributed by atoms with E-state index in [2.05, 4.69) is 26.0 Å². The van der Waals surface area contributed by atoms with Crippen LogP contribution in [0.25, 0.3) is 0 Å². The molecule has 7 heteroatoms. The second-order valence-corrected chi connectivity index (χ2v) is 5.88. The molecular weight excluding hydrogens is 320 g/mol. The van der Waals surface area contributed by atoms with E-state index < -0.39 is 11.8 Å². The maximum absolute atomic E-state index is 11.7. The molecule has 0 fully saturated rings. The molecule has 2 aromatic carbocycles. The van der Waals surface area contributed by atoms with Gasteiger partial charge in [-0.05, 0) is 35.2 Å². The topological polar surface area (TPSA) is 119 Å². The molecule has 2 rings (SSSR count). The van der Waals surface area contributed by atoms with Crippen LogP contribution in [0.3, 0.4) is 0 Å². The molecular formula is C18H22N4O3. The van der Waals surface area contributed by atoms with Crippen molar-refractivity contribution in [3.63, 3.8) is 0 Å². The van der Waals surface area contributed by atoms with Crippen LogP contribution in [0.4, 0.5) is 0 Å². The standard InChI is InChI=1S/C18H22N4O3/c1-11(2)13-5-3-12(4-6-13)10-25-16-8-14(17(23)21-19)7-15(9-16)18(24)22-20/h3-9,11H,10,19-20H2,1-2H3,(H,21,23)(H,22,24). The normalized spacial score (nSPS) is 10.4. The lowest BCUT2D eigenvalue weighted by Gasteiger charge is -2.11. The van der Waals surface area contributed by atoms with Gasteiger partial charge in [-0.25, -0.2) is 11.7 Å². The molecule has 7 nitrogen and oxygen atoms in total. The van der Waals surface area contributed by atoms with Crippen LogP contribution < -0.4 is 27.3 Å². The van der Waals surface area contributed by atoms with Crippen LogP contribution in [-0.4, -0.2) is 11.8 Å². The van der Waals surface area contributed by atoms with Gasteiger partial charge in [0, 0.05) is 11.1 Å². The van der Waals surface area contributed by atoms with Gasteiger partial charge in [-0.1, -0.05) is 38.1 Å². The Hall–Kier alpha value is -2.90. The third-order valence-corrected chi connectivity index (χ3v) is 3.74. The molecule has 0 radical (unpaired) electrons. The number of benzene rings is 2. The van der Waals surface area contributed by atoms with Crippen LogP contribution in [0.5, 0.6) is 5.75 Å². The summed E-state index contributed by atoms with van der Waals surface area (Å²) >= 11 is 0. The van der Waals surface area contributed by atoms with E-state index in [0.29, 0.717) is 18.3 Å². The number of nitrogens with one attached hydrogen (secondary N) is 2. The summed E-state index contributed by atoms with van der Waals surface area (Å²) in [6.45, 7) is 4.56. The SMILES string of the molecule is CC(C)c1ccc(COc2cc(C(=O)NN)cc(C(=O)NN)c2)cc1. The summed E-state index contributed by atoms with van der Waals surface area (Å²) < 4.78 is 5.72. The minimum atomic E-state index is -0.530. The lowest BCUT2D eigenvalue weighted by Crippen LogP contribution is -2.32. The summed E-state index contributed by atoms with van der Waals surface area (Å²) in [5, 5.41) is 0. The van der Waals surface area contributed by atoms with Crippen molar-refractivity contribution < 1.29 is 14.3 Å². The number of nitrogens with two attached hydrogens (primary N) is 2. The maximum atomic E-state index is 11.7. The molecule has 2 amide bonds. The van der Waals surface area contributed by atoms with Gasteiger partial charge in [0.15, 0.2) is 0 Å². The average Bonchev–Trinajstić information content (AvgIpc) is 2.65. The number of hydrazine groups is 2. The number of ether oxygens (including phenoxy) is 1. The lowest BCUT2D eigenvalue weighted by molar-refractivity contribution is 0.0953. The molecule has 0 aliphatic carbocycles. The fraction of sp³-hybridized carbons (Fsp3) is 0.222. The van der Waals surface area contributed by atoms with Crippen LogP contribution in [0, 0.1) is 0 Å². The van der Waals surface area contributed by atoms with Crippen molar-refractivity contribution in [2.45, 2.75) is 26.4 Å². The predicted octanol–water partition coefficient (Wildman–Crippen LogP) is 1.60. The van der Waals surface area contributed by atoms with Gasteiger partial charge in [-0.15, -0.1) is 0 Å². The smallest absolute Gasteiger partial charge is 0.265 e. The number of nitrogen functional groups attached to an aromatic ring is 2. The van der Waals surface area contributed by atoms with E-state index in [9.17, 15) is 9.59 Å². The molecule has 2 aromatic rings. The summed E-state index contributed by atoms with van der Waals surface area (Å²) in [5.41, 5.74) is 6.67. The van der Waals surface area contributed by atoms with Crippen molar-refractivity contribution in [1.29, 1.82) is 0 Å². The number of rotatable bonds is 6. The maximum Gasteiger partial charge on any atom is 0.265 e. The number of amides is 2. The zero-order valence-corrected chi connectivity index (χ0v) is 14.2. The highest BCUT2D eigenvalue weighted by Crippen LogP contribution is 2.20. The molecule has 0 saturated heterocycles. The Morgan fingerprint density at radius 1 is 0.960 bits per heavy atom. The van der Waals surface area contributed by atoms with E-state index >= 15 is 0 Å². The lowest BCUT2D eigenvalue weighted by atomic mass is 10.0. The Kier molecular flexibility index (Phi) is 6.10. The first-order valence-corrected chi connectivity index (χ1v) is 7.83. The van der Waals surface area contributed by atoms with Gasteiger partial charge in [0.25, 0.3) is 11.8 Å². The zero-order valence-electron chi connectivity index (χ0n) is 14.2. The van der Waals surface area contributed by atoms with Gasteiger partial charge >= 0.3 is 0 Å². The van der Waals surface area contributed by atoms with Crippen LogP contribution in [-0.2, 0) is 6.61 Å². The number of hydrogen-bond donors (Lipinski definition) is 4. The Morgan fingerprint density at radius 2 is 1.48 bits per heavy atom. The second kappa shape index (κ2) is 8.27. The summed E-state index contributed by atoms with van der Waals surface area (Å²) in [4.78, 5) is 23.5. The first kappa shape index (κ1) is 18.4. The molecule has 0 aromatic heterocycles. The summed E-state index contributed by atoms with van der Waals surface area (Å²) in [5.74, 6) is 10.1. The first-order chi connectivity index (χ1) is 11.9. The monoisotopic (exact) mass is 342 g/mol. The first-order valence-electron chi connectivity index (χ1n) is 7.83. The molecule has 0 unspecified atom stereocenters. The molecule has 0 bridgehead atoms. The Bertz CT molecular complexity index is 723. The summed E-state index contributed by atoms with van der Waals surface area (Å²) in [6, 6.07) is 12.5. The molecule has 0 saturated carbocycles. The van der Waals surface area contributed by atoms with Gasteiger partial charge in [-0.2, -0.15) is 0 Å². The van der Waals surface area contributed by atoms with Gasteiger partial charge < -0.3 is 4.74 Å². The van der Waals surface area contributed by atoms with Crippen LogP contribution in [0.2, 0.25) is 0 Å². The van der Waals surface area contributed by atoms with Crippen LogP contribution in [0.15, 0.2) is 42.5 Å². The van der Waals surface area contributed by atoms with E-state index in [4.69, 9.17) is 16.4 Å². The highest BCUT2D eigenvalue weighted by Gasteiger charge is 2.12. The van der Waals surface area contributed by atoms with Gasteiger partial charge in [0.1, 0.15) is 12.4 Å². The van der Waals surface area contributed by atoms with Crippen molar-refractivity contribution in [2.24, 2.45) is 11.7 Å². The summed E-state index contributed by atoms with van der Waals surface area (Å²) in [6.07, 6.45) is 0. The van der Waals surface area contributed by atoms with Crippen molar-refractivity contribution in [1.82, 2.24) is 10.9 Å². The fourth-order valence-corrected chi connectivity index (χ4v) is 2.28. The minimum Gasteiger partial charge on any atom is -0.489 e. The van der Waals surface area contributed by atoms with E-state index in [-0.39, 0.29) is 11.1 Å². The number of carbonyl (C=O) groups is 2. The predicted molar refractivity (Wildman–Crippen MR) is 94.6 cm³/mol. The number of hydrogen-bond acceptors (Lipinski definition) is 5. The second-order valence-electron chi connectivity index (χ2n) is 5.88. The molecule has 25 heavy (non-hydrogen) atoms. The molecule has 0 aliphatic heterocycles. The van der Waals surface area contributed by atoms with Crippen LogP contribution >= 0.6 is 0 Å². The largest absolute Gasteiger partial charge is 0.489 e. The molecule has 0 spiro atoms. The van der Waals surface area contributed by atoms with E-state index in [1.807, 2.05) is 23.0 Å². The zero-order chi connectivity index (χ0) is 18.4. The van der Waals surface area contributed by atoms with Crippen molar-refractivity contribution in [2.75, 3.05) is 0 Å². The summed E-state index contributed by atoms with van der Waals surface area (Å²) in [7, 11) is 0. The van der Waals surface area contributed by atoms with Crippen molar-refractivity contribution in [3.05, 3.63) is 64.7 Å². The third-order valence-electron chi connectivity index (χ3n) is 3.74. The van der Waals surface area contributed by atoms with Crippen molar-refractivity contribution in [3.8, 4) is 5.75 Å². The fourth-order valence-electron chi connectivity index (χ4n) is 2.28. The van der Waals surface area contributed by atoms with Crippen molar-refractivity contribution >= 4 is 11.8 Å². The molecule has 132 valence electrons. The Labute approximate surface area is 146 Å². The molecule has 6 N–H and O–H groups in total. The molecule has 0 aliphatic rings. The van der Waals surface area contributed by atoms with Gasteiger partial charge in [0.2, 0.25) is 0 Å². The van der Waals surface area contributed by atoms with Gasteiger partial charge in [0.05, 0.1) is 0 Å². The van der Waals surface area contributed by atoms with E-state index in [0.717, 1.165) is 5.56 Å². The highest BCUT2D eigenvalue weighted by molar-refractivity contribution is 5.99. The third kappa shape index (κ3) is 4.79. The average molecular weight is 342 g/mol. The Morgan fingerprint density at radius 3 is 1.92 bits per heavy atom. The van der Waals surface area contributed by atoms with Crippen LogP contribution in [0.1, 0.15) is 51.6 Å². The quantitative estimate of drug-likeness (QED) is 0.361. The number of carbonyl (C=O) groups excluding carboxylic acids is 2. The van der Waals surface area contributed by atoms with Gasteiger partial charge in [-0.3, -0.25) is 20.4 Å². The molecule has 0 heterocycles. The Balaban J connectivity index is 2.19. The van der Waals surface area contributed by atoms with E-state index in [1.165, 1.54) is 23.8 Å². The van der Waals surface area contributed by atoms with E-state index in [1.54, 1.807) is 0 Å². The highest BCUT2D eigenvalue weighted by atomic mass is 16.5. The molecule has 0 atom stereocenters. The minimum absolute atomic E-state index is 0.203.